The first-order valence-corrected chi connectivity index (χ1v) is 3.44. The number of nitrogens with zero attached hydrogens (tertiary/aromatic N) is 3. The maximum atomic E-state index is 7.93. The van der Waals surface area contributed by atoms with Crippen molar-refractivity contribution in [3.8, 4) is 0 Å². The zero-order valence-electron chi connectivity index (χ0n) is 5.45. The predicted octanol–water partition coefficient (Wildman–Crippen LogP) is 2.49. The van der Waals surface area contributed by atoms with Gasteiger partial charge in [0.2, 0.25) is 0 Å². The van der Waals surface area contributed by atoms with Crippen LogP contribution in [0.25, 0.3) is 10.4 Å². The first-order valence-electron chi connectivity index (χ1n) is 3.44. The van der Waals surface area contributed by atoms with Crippen LogP contribution in [0.15, 0.2) is 5.11 Å². The molecule has 1 fully saturated rings. The van der Waals surface area contributed by atoms with E-state index in [0.29, 0.717) is 6.54 Å². The Balaban J connectivity index is 1.97. The summed E-state index contributed by atoms with van der Waals surface area (Å²) in [4.78, 5) is 2.69. The minimum atomic E-state index is 0.696. The summed E-state index contributed by atoms with van der Waals surface area (Å²) < 4.78 is 0. The monoisotopic (exact) mass is 125 g/mol. The summed E-state index contributed by atoms with van der Waals surface area (Å²) >= 11 is 0. The molecule has 1 aliphatic rings. The van der Waals surface area contributed by atoms with Crippen molar-refractivity contribution in [1.82, 2.24) is 0 Å². The van der Waals surface area contributed by atoms with E-state index < -0.39 is 0 Å². The molecule has 0 aromatic heterocycles. The van der Waals surface area contributed by atoms with Gasteiger partial charge in [-0.15, -0.1) is 0 Å². The molecule has 0 saturated heterocycles. The highest BCUT2D eigenvalue weighted by atomic mass is 15.1. The molecule has 50 valence electrons. The second-order valence-electron chi connectivity index (χ2n) is 2.54. The number of rotatable bonds is 3. The van der Waals surface area contributed by atoms with Gasteiger partial charge < -0.3 is 0 Å². The number of azide groups is 1. The molecule has 0 aromatic carbocycles. The lowest BCUT2D eigenvalue weighted by Gasteiger charge is -2.23. The number of hydrogen-bond donors (Lipinski definition) is 0. The molecule has 0 N–H and O–H groups in total. The highest BCUT2D eigenvalue weighted by Gasteiger charge is 2.15. The summed E-state index contributed by atoms with van der Waals surface area (Å²) in [6.45, 7) is 0.696. The van der Waals surface area contributed by atoms with E-state index in [2.05, 4.69) is 10.0 Å². The average molecular weight is 125 g/mol. The van der Waals surface area contributed by atoms with Gasteiger partial charge in [-0.25, -0.2) is 0 Å². The topological polar surface area (TPSA) is 48.8 Å². The van der Waals surface area contributed by atoms with Crippen LogP contribution < -0.4 is 0 Å². The maximum Gasteiger partial charge on any atom is 0.0260 e. The van der Waals surface area contributed by atoms with Crippen molar-refractivity contribution in [1.29, 1.82) is 0 Å². The Labute approximate surface area is 54.7 Å². The van der Waals surface area contributed by atoms with Gasteiger partial charge in [0, 0.05) is 11.5 Å². The normalized spacial score (nSPS) is 18.2. The average Bonchev–Trinajstić information content (AvgIpc) is 1.76. The Kier molecular flexibility index (Phi) is 2.40. The molecule has 0 unspecified atom stereocenters. The second-order valence-corrected chi connectivity index (χ2v) is 2.54. The molecule has 0 heterocycles. The lowest BCUT2D eigenvalue weighted by molar-refractivity contribution is 0.300. The van der Waals surface area contributed by atoms with Crippen LogP contribution in [0.4, 0.5) is 0 Å². The van der Waals surface area contributed by atoms with Gasteiger partial charge >= 0.3 is 0 Å². The van der Waals surface area contributed by atoms with Crippen LogP contribution >= 0.6 is 0 Å². The molecule has 0 spiro atoms. The van der Waals surface area contributed by atoms with Crippen LogP contribution in [0.2, 0.25) is 0 Å². The lowest BCUT2D eigenvalue weighted by atomic mass is 9.83. The van der Waals surface area contributed by atoms with E-state index in [1.54, 1.807) is 0 Å². The van der Waals surface area contributed by atoms with E-state index in [1.165, 1.54) is 19.3 Å². The standard InChI is InChI=1S/C6H11N3/c7-9-8-5-4-6-2-1-3-6/h6H,1-5H2. The predicted molar refractivity (Wildman–Crippen MR) is 36.0 cm³/mol. The largest absolute Gasteiger partial charge is 0.0940 e. The maximum absolute atomic E-state index is 7.93. The van der Waals surface area contributed by atoms with Gasteiger partial charge in [0.15, 0.2) is 0 Å². The first kappa shape index (κ1) is 6.43. The van der Waals surface area contributed by atoms with Gasteiger partial charge in [0.05, 0.1) is 0 Å². The first-order chi connectivity index (χ1) is 4.43. The van der Waals surface area contributed by atoms with Crippen molar-refractivity contribution < 1.29 is 0 Å². The second kappa shape index (κ2) is 3.36. The smallest absolute Gasteiger partial charge is 0.0260 e. The third kappa shape index (κ3) is 1.94. The highest BCUT2D eigenvalue weighted by molar-refractivity contribution is 4.69. The van der Waals surface area contributed by atoms with Crippen LogP contribution in [0, 0.1) is 5.92 Å². The molecule has 1 rings (SSSR count). The van der Waals surface area contributed by atoms with Crippen molar-refractivity contribution in [2.75, 3.05) is 6.54 Å². The quantitative estimate of drug-likeness (QED) is 0.316. The van der Waals surface area contributed by atoms with Gasteiger partial charge in [-0.3, -0.25) is 0 Å². The molecular formula is C6H11N3. The summed E-state index contributed by atoms with van der Waals surface area (Å²) in [5, 5.41) is 3.47. The van der Waals surface area contributed by atoms with Crippen LogP contribution in [-0.4, -0.2) is 6.54 Å². The van der Waals surface area contributed by atoms with Gasteiger partial charge in [0.1, 0.15) is 0 Å². The van der Waals surface area contributed by atoms with Crippen molar-refractivity contribution in [2.24, 2.45) is 11.0 Å². The summed E-state index contributed by atoms with van der Waals surface area (Å²) in [5.41, 5.74) is 7.93. The molecule has 1 saturated carbocycles. The Morgan fingerprint density at radius 1 is 1.56 bits per heavy atom. The van der Waals surface area contributed by atoms with E-state index in [0.717, 1.165) is 12.3 Å². The molecule has 9 heavy (non-hydrogen) atoms. The van der Waals surface area contributed by atoms with Crippen LogP contribution in [0.1, 0.15) is 25.7 Å². The zero-order valence-corrected chi connectivity index (χ0v) is 5.45. The molecule has 3 heteroatoms. The zero-order chi connectivity index (χ0) is 6.53. The third-order valence-corrected chi connectivity index (χ3v) is 1.93. The van der Waals surface area contributed by atoms with Crippen molar-refractivity contribution >= 4 is 0 Å². The molecule has 0 bridgehead atoms. The Bertz CT molecular complexity index is 122. The van der Waals surface area contributed by atoms with E-state index in [4.69, 9.17) is 5.53 Å². The van der Waals surface area contributed by atoms with Crippen molar-refractivity contribution in [3.05, 3.63) is 10.4 Å². The SMILES string of the molecule is [N-]=[N+]=NCCC1CCC1. The summed E-state index contributed by atoms with van der Waals surface area (Å²) in [6, 6.07) is 0. The fourth-order valence-electron chi connectivity index (χ4n) is 1.07. The van der Waals surface area contributed by atoms with Gasteiger partial charge in [0.25, 0.3) is 0 Å². The van der Waals surface area contributed by atoms with Gasteiger partial charge in [-0.05, 0) is 17.9 Å². The van der Waals surface area contributed by atoms with E-state index >= 15 is 0 Å². The third-order valence-electron chi connectivity index (χ3n) is 1.93. The lowest BCUT2D eigenvalue weighted by Crippen LogP contribution is -2.11. The molecular weight excluding hydrogens is 114 g/mol. The molecule has 0 radical (unpaired) electrons. The fourth-order valence-corrected chi connectivity index (χ4v) is 1.07. The highest BCUT2D eigenvalue weighted by Crippen LogP contribution is 2.28. The molecule has 3 nitrogen and oxygen atoms in total. The Hall–Kier alpha value is -0.690. The van der Waals surface area contributed by atoms with Crippen molar-refractivity contribution in [3.63, 3.8) is 0 Å². The summed E-state index contributed by atoms with van der Waals surface area (Å²) in [7, 11) is 0. The number of hydrogen-bond acceptors (Lipinski definition) is 1. The van der Waals surface area contributed by atoms with Crippen LogP contribution in [0.3, 0.4) is 0 Å². The minimum Gasteiger partial charge on any atom is -0.0940 e. The van der Waals surface area contributed by atoms with E-state index in [-0.39, 0.29) is 0 Å². The Morgan fingerprint density at radius 3 is 2.78 bits per heavy atom. The molecule has 0 amide bonds. The molecule has 0 aromatic rings. The van der Waals surface area contributed by atoms with Crippen molar-refractivity contribution in [2.45, 2.75) is 25.7 Å². The van der Waals surface area contributed by atoms with Crippen LogP contribution in [0.5, 0.6) is 0 Å². The minimum absolute atomic E-state index is 0.696. The summed E-state index contributed by atoms with van der Waals surface area (Å²) in [6.07, 6.45) is 5.17. The fraction of sp³-hybridized carbons (Fsp3) is 1.00. The van der Waals surface area contributed by atoms with E-state index in [1.807, 2.05) is 0 Å². The molecule has 1 aliphatic carbocycles. The molecule has 0 aliphatic heterocycles. The van der Waals surface area contributed by atoms with Gasteiger partial charge in [-0.1, -0.05) is 24.4 Å². The van der Waals surface area contributed by atoms with Gasteiger partial charge in [-0.2, -0.15) is 0 Å². The summed E-state index contributed by atoms with van der Waals surface area (Å²) in [5.74, 6) is 0.871. The van der Waals surface area contributed by atoms with Crippen LogP contribution in [-0.2, 0) is 0 Å². The van der Waals surface area contributed by atoms with E-state index in [9.17, 15) is 0 Å². The molecule has 0 atom stereocenters. The Morgan fingerprint density at radius 2 is 2.33 bits per heavy atom.